The van der Waals surface area contributed by atoms with Gasteiger partial charge in [-0.15, -0.1) is 0 Å². The SMILES string of the molecule is CCCCCCCS(=O)c1cc(F)ccc1N. The smallest absolute Gasteiger partial charge is 0.124 e. The van der Waals surface area contributed by atoms with Crippen molar-refractivity contribution >= 4 is 16.5 Å². The molecule has 1 aromatic carbocycles. The molecule has 1 unspecified atom stereocenters. The predicted molar refractivity (Wildman–Crippen MR) is 70.8 cm³/mol. The fourth-order valence-electron chi connectivity index (χ4n) is 1.65. The van der Waals surface area contributed by atoms with Gasteiger partial charge in [0.05, 0.1) is 15.7 Å². The predicted octanol–water partition coefficient (Wildman–Crippen LogP) is 3.49. The van der Waals surface area contributed by atoms with Crippen LogP contribution in [0.3, 0.4) is 0 Å². The lowest BCUT2D eigenvalue weighted by molar-refractivity contribution is 0.622. The fourth-order valence-corrected chi connectivity index (χ4v) is 2.91. The molecular weight excluding hydrogens is 237 g/mol. The number of nitrogen functional groups attached to an aromatic ring is 1. The van der Waals surface area contributed by atoms with Crippen molar-refractivity contribution in [2.45, 2.75) is 43.9 Å². The zero-order chi connectivity index (χ0) is 12.7. The first-order chi connectivity index (χ1) is 8.15. The van der Waals surface area contributed by atoms with E-state index in [1.54, 1.807) is 0 Å². The number of benzene rings is 1. The summed E-state index contributed by atoms with van der Waals surface area (Å²) in [5.41, 5.74) is 6.10. The van der Waals surface area contributed by atoms with Crippen LogP contribution in [0.4, 0.5) is 10.1 Å². The van der Waals surface area contributed by atoms with Gasteiger partial charge in [0.2, 0.25) is 0 Å². The minimum absolute atomic E-state index is 0.381. The monoisotopic (exact) mass is 257 g/mol. The van der Waals surface area contributed by atoms with E-state index in [0.29, 0.717) is 16.3 Å². The summed E-state index contributed by atoms with van der Waals surface area (Å²) in [6.45, 7) is 2.16. The van der Waals surface area contributed by atoms with Crippen LogP contribution in [0.15, 0.2) is 23.1 Å². The second kappa shape index (κ2) is 7.43. The van der Waals surface area contributed by atoms with Gasteiger partial charge in [0.15, 0.2) is 0 Å². The number of rotatable bonds is 7. The van der Waals surface area contributed by atoms with E-state index in [1.807, 2.05) is 0 Å². The van der Waals surface area contributed by atoms with E-state index < -0.39 is 10.8 Å². The fraction of sp³-hybridized carbons (Fsp3) is 0.538. The van der Waals surface area contributed by atoms with Crippen molar-refractivity contribution in [1.29, 1.82) is 0 Å². The third-order valence-corrected chi connectivity index (χ3v) is 4.16. The maximum absolute atomic E-state index is 13.0. The van der Waals surface area contributed by atoms with Crippen LogP contribution < -0.4 is 5.73 Å². The molecule has 1 aromatic rings. The molecule has 0 aromatic heterocycles. The molecule has 0 aliphatic rings. The first kappa shape index (κ1) is 14.2. The molecule has 0 heterocycles. The van der Waals surface area contributed by atoms with Crippen molar-refractivity contribution < 1.29 is 8.60 Å². The van der Waals surface area contributed by atoms with E-state index in [4.69, 9.17) is 5.73 Å². The maximum atomic E-state index is 13.0. The highest BCUT2D eigenvalue weighted by Gasteiger charge is 2.08. The van der Waals surface area contributed by atoms with Crippen LogP contribution in [0.1, 0.15) is 39.0 Å². The van der Waals surface area contributed by atoms with Crippen molar-refractivity contribution in [2.24, 2.45) is 0 Å². The molecule has 0 bridgehead atoms. The Bertz CT molecular complexity index is 382. The highest BCUT2D eigenvalue weighted by atomic mass is 32.2. The van der Waals surface area contributed by atoms with Gasteiger partial charge in [-0.2, -0.15) is 0 Å². The van der Waals surface area contributed by atoms with Gasteiger partial charge in [-0.3, -0.25) is 4.21 Å². The lowest BCUT2D eigenvalue weighted by atomic mass is 10.2. The zero-order valence-electron chi connectivity index (χ0n) is 10.2. The lowest BCUT2D eigenvalue weighted by Crippen LogP contribution is -2.03. The zero-order valence-corrected chi connectivity index (χ0v) is 11.1. The molecule has 17 heavy (non-hydrogen) atoms. The number of hydrogen-bond acceptors (Lipinski definition) is 2. The highest BCUT2D eigenvalue weighted by Crippen LogP contribution is 2.18. The molecule has 1 rings (SSSR count). The van der Waals surface area contributed by atoms with E-state index in [9.17, 15) is 8.60 Å². The van der Waals surface area contributed by atoms with Gasteiger partial charge in [0.1, 0.15) is 5.82 Å². The van der Waals surface area contributed by atoms with Gasteiger partial charge in [-0.05, 0) is 24.6 Å². The highest BCUT2D eigenvalue weighted by molar-refractivity contribution is 7.85. The normalized spacial score (nSPS) is 12.6. The minimum atomic E-state index is -1.18. The molecular formula is C13H20FNOS. The van der Waals surface area contributed by atoms with Crippen molar-refractivity contribution in [3.8, 4) is 0 Å². The second-order valence-corrected chi connectivity index (χ2v) is 5.69. The molecule has 0 amide bonds. The van der Waals surface area contributed by atoms with E-state index in [-0.39, 0.29) is 5.82 Å². The van der Waals surface area contributed by atoms with Gasteiger partial charge in [-0.1, -0.05) is 32.6 Å². The molecule has 0 aliphatic carbocycles. The van der Waals surface area contributed by atoms with E-state index in [2.05, 4.69) is 6.92 Å². The van der Waals surface area contributed by atoms with Gasteiger partial charge in [0.25, 0.3) is 0 Å². The Labute approximate surface area is 105 Å². The van der Waals surface area contributed by atoms with Crippen molar-refractivity contribution in [1.82, 2.24) is 0 Å². The van der Waals surface area contributed by atoms with Crippen molar-refractivity contribution in [3.63, 3.8) is 0 Å². The molecule has 4 heteroatoms. The Morgan fingerprint density at radius 2 is 1.94 bits per heavy atom. The van der Waals surface area contributed by atoms with Gasteiger partial charge < -0.3 is 5.73 Å². The largest absolute Gasteiger partial charge is 0.398 e. The minimum Gasteiger partial charge on any atom is -0.398 e. The summed E-state index contributed by atoms with van der Waals surface area (Å²) < 4.78 is 24.9. The first-order valence-corrected chi connectivity index (χ1v) is 7.40. The summed E-state index contributed by atoms with van der Waals surface area (Å²) in [6, 6.07) is 4.04. The summed E-state index contributed by atoms with van der Waals surface area (Å²) in [7, 11) is -1.18. The molecule has 2 nitrogen and oxygen atoms in total. The average molecular weight is 257 g/mol. The molecule has 0 saturated carbocycles. The van der Waals surface area contributed by atoms with Gasteiger partial charge in [0, 0.05) is 11.4 Å². The average Bonchev–Trinajstić information content (AvgIpc) is 2.32. The summed E-state index contributed by atoms with van der Waals surface area (Å²) in [6.07, 6.45) is 5.57. The first-order valence-electron chi connectivity index (χ1n) is 6.08. The van der Waals surface area contributed by atoms with Crippen LogP contribution in [0.5, 0.6) is 0 Å². The summed E-state index contributed by atoms with van der Waals surface area (Å²) in [5, 5.41) is 0. The summed E-state index contributed by atoms with van der Waals surface area (Å²) >= 11 is 0. The van der Waals surface area contributed by atoms with Crippen LogP contribution in [-0.2, 0) is 10.8 Å². The summed E-state index contributed by atoms with van der Waals surface area (Å²) in [5.74, 6) is 0.186. The van der Waals surface area contributed by atoms with Gasteiger partial charge >= 0.3 is 0 Å². The Kier molecular flexibility index (Phi) is 6.19. The molecule has 0 saturated heterocycles. The molecule has 0 radical (unpaired) electrons. The Hall–Kier alpha value is -0.900. The lowest BCUT2D eigenvalue weighted by Gasteiger charge is -2.05. The van der Waals surface area contributed by atoms with E-state index in [1.165, 1.54) is 37.5 Å². The van der Waals surface area contributed by atoms with Crippen LogP contribution in [0, 0.1) is 5.82 Å². The van der Waals surface area contributed by atoms with Crippen LogP contribution in [0.25, 0.3) is 0 Å². The quantitative estimate of drug-likeness (QED) is 0.600. The number of halogens is 1. The van der Waals surface area contributed by atoms with Crippen molar-refractivity contribution in [2.75, 3.05) is 11.5 Å². The second-order valence-electron chi connectivity index (χ2n) is 4.15. The topological polar surface area (TPSA) is 43.1 Å². The molecule has 96 valence electrons. The standard InChI is InChI=1S/C13H20FNOS/c1-2-3-4-5-6-9-17(16)13-10-11(14)7-8-12(13)15/h7-8,10H,2-6,9,15H2,1H3. The van der Waals surface area contributed by atoms with Gasteiger partial charge in [-0.25, -0.2) is 4.39 Å². The summed E-state index contributed by atoms with van der Waals surface area (Å²) in [4.78, 5) is 0.431. The van der Waals surface area contributed by atoms with Crippen molar-refractivity contribution in [3.05, 3.63) is 24.0 Å². The Balaban J connectivity index is 2.44. The van der Waals surface area contributed by atoms with Crippen LogP contribution in [-0.4, -0.2) is 9.96 Å². The van der Waals surface area contributed by atoms with Crippen LogP contribution in [0.2, 0.25) is 0 Å². The van der Waals surface area contributed by atoms with Crippen LogP contribution >= 0.6 is 0 Å². The Morgan fingerprint density at radius 1 is 1.24 bits per heavy atom. The molecule has 0 aliphatic heterocycles. The maximum Gasteiger partial charge on any atom is 0.124 e. The third-order valence-electron chi connectivity index (χ3n) is 2.65. The number of anilines is 1. The third kappa shape index (κ3) is 4.86. The Morgan fingerprint density at radius 3 is 2.65 bits per heavy atom. The van der Waals surface area contributed by atoms with E-state index >= 15 is 0 Å². The number of nitrogens with two attached hydrogens (primary N) is 1. The van der Waals surface area contributed by atoms with E-state index in [0.717, 1.165) is 12.8 Å². The molecule has 0 spiro atoms. The number of hydrogen-bond donors (Lipinski definition) is 1. The molecule has 1 atom stereocenters. The molecule has 2 N–H and O–H groups in total. The molecule has 0 fully saturated rings. The number of unbranched alkanes of at least 4 members (excludes halogenated alkanes) is 4.